The molecule has 1 aliphatic carbocycles. The van der Waals surface area contributed by atoms with E-state index in [0.717, 1.165) is 43.5 Å². The van der Waals surface area contributed by atoms with E-state index in [1.807, 2.05) is 23.1 Å². The van der Waals surface area contributed by atoms with Crippen molar-refractivity contribution in [2.24, 2.45) is 5.92 Å². The first-order chi connectivity index (χ1) is 10.6. The van der Waals surface area contributed by atoms with Gasteiger partial charge in [-0.1, -0.05) is 6.07 Å². The standard InChI is InChI=1S/C17H21NO4/c19-16(9-12-3-4-14-15(8-12)22-11-21-14)18-7-1-2-13(10-18)17(20)5-6-17/h3-4,8,13,20H,1-2,5-7,9-11H2. The lowest BCUT2D eigenvalue weighted by molar-refractivity contribution is -0.133. The van der Waals surface area contributed by atoms with Crippen LogP contribution in [0.5, 0.6) is 11.5 Å². The maximum atomic E-state index is 12.5. The first kappa shape index (κ1) is 13.9. The maximum absolute atomic E-state index is 12.5. The number of carbonyl (C=O) groups excluding carboxylic acids is 1. The topological polar surface area (TPSA) is 59.0 Å². The van der Waals surface area contributed by atoms with Crippen molar-refractivity contribution in [3.05, 3.63) is 23.8 Å². The number of piperidine rings is 1. The molecule has 1 unspecified atom stereocenters. The fraction of sp³-hybridized carbons (Fsp3) is 0.588. The molecule has 4 rings (SSSR count). The maximum Gasteiger partial charge on any atom is 0.231 e. The van der Waals surface area contributed by atoms with Crippen LogP contribution < -0.4 is 9.47 Å². The van der Waals surface area contributed by atoms with Crippen molar-refractivity contribution >= 4 is 5.91 Å². The van der Waals surface area contributed by atoms with Gasteiger partial charge in [0.05, 0.1) is 12.0 Å². The average molecular weight is 303 g/mol. The van der Waals surface area contributed by atoms with Crippen LogP contribution in [0.4, 0.5) is 0 Å². The Labute approximate surface area is 129 Å². The van der Waals surface area contributed by atoms with Gasteiger partial charge in [0.2, 0.25) is 12.7 Å². The smallest absolute Gasteiger partial charge is 0.231 e. The Bertz CT molecular complexity index is 596. The molecule has 0 radical (unpaired) electrons. The van der Waals surface area contributed by atoms with Gasteiger partial charge in [-0.2, -0.15) is 0 Å². The van der Waals surface area contributed by atoms with Crippen molar-refractivity contribution in [1.29, 1.82) is 0 Å². The normalized spacial score (nSPS) is 25.1. The van der Waals surface area contributed by atoms with E-state index in [0.29, 0.717) is 18.7 Å². The molecule has 1 amide bonds. The highest BCUT2D eigenvalue weighted by atomic mass is 16.7. The van der Waals surface area contributed by atoms with Crippen LogP contribution in [-0.4, -0.2) is 41.4 Å². The summed E-state index contributed by atoms with van der Waals surface area (Å²) in [5, 5.41) is 10.3. The Morgan fingerprint density at radius 3 is 2.95 bits per heavy atom. The monoisotopic (exact) mass is 303 g/mol. The molecule has 22 heavy (non-hydrogen) atoms. The van der Waals surface area contributed by atoms with Crippen LogP contribution in [0.3, 0.4) is 0 Å². The first-order valence-electron chi connectivity index (χ1n) is 8.03. The molecule has 2 aliphatic heterocycles. The predicted molar refractivity (Wildman–Crippen MR) is 79.8 cm³/mol. The van der Waals surface area contributed by atoms with Crippen LogP contribution in [0, 0.1) is 5.92 Å². The van der Waals surface area contributed by atoms with Crippen molar-refractivity contribution in [2.45, 2.75) is 37.7 Å². The number of fused-ring (bicyclic) bond motifs is 1. The van der Waals surface area contributed by atoms with Crippen molar-refractivity contribution in [2.75, 3.05) is 19.9 Å². The zero-order valence-electron chi connectivity index (χ0n) is 12.6. The Balaban J connectivity index is 1.41. The molecular formula is C17H21NO4. The van der Waals surface area contributed by atoms with Gasteiger partial charge in [-0.3, -0.25) is 4.79 Å². The van der Waals surface area contributed by atoms with Gasteiger partial charge < -0.3 is 19.5 Å². The Hall–Kier alpha value is -1.75. The van der Waals surface area contributed by atoms with E-state index >= 15 is 0 Å². The number of amides is 1. The van der Waals surface area contributed by atoms with Crippen LogP contribution in [0.25, 0.3) is 0 Å². The second-order valence-electron chi connectivity index (χ2n) is 6.65. The zero-order chi connectivity index (χ0) is 15.2. The highest BCUT2D eigenvalue weighted by Gasteiger charge is 2.48. The minimum atomic E-state index is -0.488. The quantitative estimate of drug-likeness (QED) is 0.924. The van der Waals surface area contributed by atoms with Crippen molar-refractivity contribution < 1.29 is 19.4 Å². The lowest BCUT2D eigenvalue weighted by atomic mass is 9.90. The van der Waals surface area contributed by atoms with Gasteiger partial charge in [0, 0.05) is 19.0 Å². The summed E-state index contributed by atoms with van der Waals surface area (Å²) in [4.78, 5) is 14.4. The van der Waals surface area contributed by atoms with E-state index in [2.05, 4.69) is 0 Å². The van der Waals surface area contributed by atoms with Crippen LogP contribution in [0.2, 0.25) is 0 Å². The Morgan fingerprint density at radius 1 is 1.32 bits per heavy atom. The number of hydrogen-bond donors (Lipinski definition) is 1. The Morgan fingerprint density at radius 2 is 2.14 bits per heavy atom. The molecule has 0 spiro atoms. The van der Waals surface area contributed by atoms with Crippen LogP contribution >= 0.6 is 0 Å². The van der Waals surface area contributed by atoms with Crippen LogP contribution in [0.1, 0.15) is 31.2 Å². The van der Waals surface area contributed by atoms with Gasteiger partial charge in [-0.15, -0.1) is 0 Å². The second kappa shape index (κ2) is 5.16. The van der Waals surface area contributed by atoms with Gasteiger partial charge in [-0.25, -0.2) is 0 Å². The molecule has 3 aliphatic rings. The SMILES string of the molecule is O=C(Cc1ccc2c(c1)OCO2)N1CCCC(C2(O)CC2)C1. The number of likely N-dealkylation sites (tertiary alicyclic amines) is 1. The molecule has 2 heterocycles. The number of carbonyl (C=O) groups is 1. The van der Waals surface area contributed by atoms with E-state index in [4.69, 9.17) is 9.47 Å². The predicted octanol–water partition coefficient (Wildman–Crippen LogP) is 1.72. The first-order valence-corrected chi connectivity index (χ1v) is 8.03. The minimum Gasteiger partial charge on any atom is -0.454 e. The molecule has 1 saturated heterocycles. The molecule has 5 heteroatoms. The molecule has 5 nitrogen and oxygen atoms in total. The van der Waals surface area contributed by atoms with Crippen LogP contribution in [0.15, 0.2) is 18.2 Å². The van der Waals surface area contributed by atoms with Crippen LogP contribution in [-0.2, 0) is 11.2 Å². The minimum absolute atomic E-state index is 0.132. The van der Waals surface area contributed by atoms with Crippen molar-refractivity contribution in [3.63, 3.8) is 0 Å². The number of ether oxygens (including phenoxy) is 2. The number of benzene rings is 1. The summed E-state index contributed by atoms with van der Waals surface area (Å²) in [5.41, 5.74) is 0.457. The molecule has 1 saturated carbocycles. The summed E-state index contributed by atoms with van der Waals surface area (Å²) in [6.45, 7) is 1.75. The van der Waals surface area contributed by atoms with Gasteiger partial charge in [-0.05, 0) is 43.4 Å². The molecule has 2 fully saturated rings. The zero-order valence-corrected chi connectivity index (χ0v) is 12.6. The van der Waals surface area contributed by atoms with Gasteiger partial charge in [0.15, 0.2) is 11.5 Å². The number of rotatable bonds is 3. The summed E-state index contributed by atoms with van der Waals surface area (Å²) < 4.78 is 10.6. The van der Waals surface area contributed by atoms with Crippen molar-refractivity contribution in [1.82, 2.24) is 4.90 Å². The van der Waals surface area contributed by atoms with Gasteiger partial charge in [0.25, 0.3) is 0 Å². The van der Waals surface area contributed by atoms with E-state index < -0.39 is 5.60 Å². The lowest BCUT2D eigenvalue weighted by Gasteiger charge is -2.35. The summed E-state index contributed by atoms with van der Waals surface area (Å²) in [6.07, 6.45) is 4.18. The number of nitrogens with zero attached hydrogens (tertiary/aromatic N) is 1. The summed E-state index contributed by atoms with van der Waals surface area (Å²) in [5.74, 6) is 1.84. The average Bonchev–Trinajstić information content (AvgIpc) is 3.11. The highest BCUT2D eigenvalue weighted by molar-refractivity contribution is 5.79. The van der Waals surface area contributed by atoms with Gasteiger partial charge >= 0.3 is 0 Å². The van der Waals surface area contributed by atoms with E-state index in [9.17, 15) is 9.90 Å². The third-order valence-corrected chi connectivity index (χ3v) is 5.09. The summed E-state index contributed by atoms with van der Waals surface area (Å²) in [7, 11) is 0. The van der Waals surface area contributed by atoms with E-state index in [-0.39, 0.29) is 18.6 Å². The summed E-state index contributed by atoms with van der Waals surface area (Å²) in [6, 6.07) is 5.66. The largest absolute Gasteiger partial charge is 0.454 e. The molecule has 0 aromatic heterocycles. The fourth-order valence-corrected chi connectivity index (χ4v) is 3.52. The molecule has 0 bridgehead atoms. The highest BCUT2D eigenvalue weighted by Crippen LogP contribution is 2.45. The van der Waals surface area contributed by atoms with Gasteiger partial charge in [0.1, 0.15) is 0 Å². The van der Waals surface area contributed by atoms with E-state index in [1.54, 1.807) is 0 Å². The summed E-state index contributed by atoms with van der Waals surface area (Å²) >= 11 is 0. The third kappa shape index (κ3) is 2.54. The molecule has 1 atom stereocenters. The fourth-order valence-electron chi connectivity index (χ4n) is 3.52. The number of aliphatic hydroxyl groups is 1. The molecule has 1 aromatic rings. The molecule has 1 N–H and O–H groups in total. The third-order valence-electron chi connectivity index (χ3n) is 5.09. The van der Waals surface area contributed by atoms with Crippen molar-refractivity contribution in [3.8, 4) is 11.5 Å². The molecular weight excluding hydrogens is 282 g/mol. The molecule has 1 aromatic carbocycles. The molecule has 118 valence electrons. The van der Waals surface area contributed by atoms with E-state index in [1.165, 1.54) is 0 Å². The Kier molecular flexibility index (Phi) is 3.26. The second-order valence-corrected chi connectivity index (χ2v) is 6.65. The lowest BCUT2D eigenvalue weighted by Crippen LogP contribution is -2.44. The number of hydrogen-bond acceptors (Lipinski definition) is 4.